The summed E-state index contributed by atoms with van der Waals surface area (Å²) in [5.74, 6) is -2.95. The normalized spacial score (nSPS) is 29.4. The largest absolute Gasteiger partial charge is 0.392 e. The summed E-state index contributed by atoms with van der Waals surface area (Å²) in [5.41, 5.74) is 1.48. The quantitative estimate of drug-likeness (QED) is 0.615. The molecular formula is C24H24ClN3O4. The number of fused-ring (bicyclic) bond motifs is 4. The first-order valence-corrected chi connectivity index (χ1v) is 11.1. The fourth-order valence-corrected chi connectivity index (χ4v) is 5.82. The van der Waals surface area contributed by atoms with Crippen molar-refractivity contribution in [3.63, 3.8) is 0 Å². The average molecular weight is 454 g/mol. The molecule has 0 unspecified atom stereocenters. The number of halogens is 1. The monoisotopic (exact) mass is 453 g/mol. The molecule has 2 aromatic rings. The first-order chi connectivity index (χ1) is 15.3. The van der Waals surface area contributed by atoms with Crippen LogP contribution in [0.2, 0.25) is 5.02 Å². The van der Waals surface area contributed by atoms with Gasteiger partial charge in [0.25, 0.3) is 0 Å². The highest BCUT2D eigenvalue weighted by Crippen LogP contribution is 2.54. The molecular weight excluding hydrogens is 430 g/mol. The fraction of sp³-hybridized carbons (Fsp3) is 0.375. The number of hydrogen-bond donors (Lipinski definition) is 3. The van der Waals surface area contributed by atoms with Gasteiger partial charge in [0.2, 0.25) is 17.7 Å². The second-order valence-corrected chi connectivity index (χ2v) is 9.32. The van der Waals surface area contributed by atoms with E-state index in [9.17, 15) is 19.5 Å². The minimum atomic E-state index is -1.45. The van der Waals surface area contributed by atoms with Crippen LogP contribution in [0.15, 0.2) is 42.5 Å². The van der Waals surface area contributed by atoms with E-state index in [1.54, 1.807) is 19.1 Å². The predicted octanol–water partition coefficient (Wildman–Crippen LogP) is 1.99. The lowest BCUT2D eigenvalue weighted by molar-refractivity contribution is -0.143. The summed E-state index contributed by atoms with van der Waals surface area (Å²) < 4.78 is 0. The molecule has 0 bridgehead atoms. The van der Waals surface area contributed by atoms with Crippen LogP contribution in [0.3, 0.4) is 0 Å². The van der Waals surface area contributed by atoms with Crippen LogP contribution in [0.25, 0.3) is 0 Å². The summed E-state index contributed by atoms with van der Waals surface area (Å²) in [5, 5.41) is 17.0. The van der Waals surface area contributed by atoms with Gasteiger partial charge in [0, 0.05) is 28.9 Å². The second-order valence-electron chi connectivity index (χ2n) is 8.89. The number of carbonyl (C=O) groups excluding carboxylic acids is 3. The molecule has 3 heterocycles. The Morgan fingerprint density at radius 1 is 1.16 bits per heavy atom. The molecule has 2 fully saturated rings. The van der Waals surface area contributed by atoms with Crippen LogP contribution >= 0.6 is 11.6 Å². The van der Waals surface area contributed by atoms with Crippen molar-refractivity contribution in [2.75, 3.05) is 11.9 Å². The van der Waals surface area contributed by atoms with E-state index in [2.05, 4.69) is 10.6 Å². The molecule has 3 aliphatic heterocycles. The summed E-state index contributed by atoms with van der Waals surface area (Å²) >= 11 is 6.31. The molecule has 3 aliphatic rings. The van der Waals surface area contributed by atoms with Gasteiger partial charge < -0.3 is 10.4 Å². The highest BCUT2D eigenvalue weighted by atomic mass is 35.5. The van der Waals surface area contributed by atoms with Crippen LogP contribution in [0.4, 0.5) is 5.69 Å². The first kappa shape index (κ1) is 21.1. The van der Waals surface area contributed by atoms with E-state index in [0.717, 1.165) is 11.1 Å². The molecule has 0 radical (unpaired) electrons. The van der Waals surface area contributed by atoms with E-state index in [1.807, 2.05) is 37.3 Å². The lowest BCUT2D eigenvalue weighted by Gasteiger charge is -2.30. The van der Waals surface area contributed by atoms with Crippen molar-refractivity contribution in [2.45, 2.75) is 38.0 Å². The smallest absolute Gasteiger partial charge is 0.250 e. The minimum Gasteiger partial charge on any atom is -0.392 e. The van der Waals surface area contributed by atoms with Crippen molar-refractivity contribution < 1.29 is 19.5 Å². The maximum Gasteiger partial charge on any atom is 0.250 e. The Morgan fingerprint density at radius 3 is 2.56 bits per heavy atom. The van der Waals surface area contributed by atoms with E-state index in [-0.39, 0.29) is 12.5 Å². The number of likely N-dealkylation sites (tertiary alicyclic amines) is 1. The number of hydrogen-bond acceptors (Lipinski definition) is 5. The number of anilines is 1. The Kier molecular flexibility index (Phi) is 4.89. The van der Waals surface area contributed by atoms with Gasteiger partial charge in [0.15, 0.2) is 0 Å². The Balaban J connectivity index is 1.58. The van der Waals surface area contributed by atoms with Gasteiger partial charge in [-0.25, -0.2) is 0 Å². The Morgan fingerprint density at radius 2 is 1.88 bits per heavy atom. The van der Waals surface area contributed by atoms with Gasteiger partial charge in [-0.2, -0.15) is 0 Å². The van der Waals surface area contributed by atoms with Gasteiger partial charge in [-0.1, -0.05) is 41.9 Å². The number of nitrogens with zero attached hydrogens (tertiary/aromatic N) is 1. The van der Waals surface area contributed by atoms with Crippen molar-refractivity contribution >= 4 is 35.0 Å². The summed E-state index contributed by atoms with van der Waals surface area (Å²) in [6, 6.07) is 12.3. The summed E-state index contributed by atoms with van der Waals surface area (Å²) in [4.78, 5) is 41.7. The second kappa shape index (κ2) is 7.40. The summed E-state index contributed by atoms with van der Waals surface area (Å²) in [6.07, 6.45) is -0.421. The third kappa shape index (κ3) is 2.85. The third-order valence-electron chi connectivity index (χ3n) is 7.00. The number of benzene rings is 2. The summed E-state index contributed by atoms with van der Waals surface area (Å²) in [6.45, 7) is 3.62. The van der Waals surface area contributed by atoms with E-state index >= 15 is 0 Å². The molecule has 3 N–H and O–H groups in total. The van der Waals surface area contributed by atoms with Crippen molar-refractivity contribution in [1.82, 2.24) is 10.2 Å². The maximum atomic E-state index is 13.6. The van der Waals surface area contributed by atoms with Crippen molar-refractivity contribution in [1.29, 1.82) is 0 Å². The van der Waals surface area contributed by atoms with E-state index in [0.29, 0.717) is 22.7 Å². The van der Waals surface area contributed by atoms with Gasteiger partial charge in [-0.15, -0.1) is 0 Å². The zero-order valence-corrected chi connectivity index (χ0v) is 18.5. The highest BCUT2D eigenvalue weighted by molar-refractivity contribution is 6.31. The maximum absolute atomic E-state index is 13.6. The molecule has 8 heteroatoms. The van der Waals surface area contributed by atoms with Gasteiger partial charge in [-0.05, 0) is 43.5 Å². The van der Waals surface area contributed by atoms with Gasteiger partial charge >= 0.3 is 0 Å². The molecule has 0 saturated carbocycles. The predicted molar refractivity (Wildman–Crippen MR) is 119 cm³/mol. The molecule has 0 aromatic heterocycles. The summed E-state index contributed by atoms with van der Waals surface area (Å²) in [7, 11) is 0. The number of carbonyl (C=O) groups is 3. The molecule has 7 nitrogen and oxygen atoms in total. The Hall–Kier alpha value is -2.74. The lowest BCUT2D eigenvalue weighted by Crippen LogP contribution is -2.55. The van der Waals surface area contributed by atoms with Crippen LogP contribution in [0.1, 0.15) is 23.6 Å². The van der Waals surface area contributed by atoms with Gasteiger partial charge in [-0.3, -0.25) is 24.6 Å². The zero-order valence-electron chi connectivity index (χ0n) is 17.8. The molecule has 2 aromatic carbocycles. The van der Waals surface area contributed by atoms with Gasteiger partial charge in [0.05, 0.1) is 17.9 Å². The van der Waals surface area contributed by atoms with Gasteiger partial charge in [0.1, 0.15) is 5.54 Å². The van der Waals surface area contributed by atoms with Crippen LogP contribution in [-0.2, 0) is 26.3 Å². The van der Waals surface area contributed by atoms with Crippen molar-refractivity contribution in [3.8, 4) is 0 Å². The topological polar surface area (TPSA) is 98.7 Å². The SMILES string of the molecule is Cc1cc(Cl)cc2c1NC(=O)[C@@]21N[C@H]([C@H](C)O)[C@H]2C(=O)N(CCc3ccccc3)C(=O)[C@H]21. The molecule has 5 atom stereocenters. The number of aryl methyl sites for hydroxylation is 1. The number of imide groups is 1. The molecule has 5 rings (SSSR count). The average Bonchev–Trinajstić information content (AvgIpc) is 3.34. The first-order valence-electron chi connectivity index (χ1n) is 10.7. The van der Waals surface area contributed by atoms with Crippen LogP contribution < -0.4 is 10.6 Å². The number of rotatable bonds is 4. The van der Waals surface area contributed by atoms with E-state index in [4.69, 9.17) is 11.6 Å². The third-order valence-corrected chi connectivity index (χ3v) is 7.22. The van der Waals surface area contributed by atoms with Crippen molar-refractivity contribution in [2.24, 2.45) is 11.8 Å². The number of aliphatic hydroxyl groups excluding tert-OH is 1. The number of amides is 3. The van der Waals surface area contributed by atoms with Crippen LogP contribution in [-0.4, -0.2) is 46.4 Å². The fourth-order valence-electron chi connectivity index (χ4n) is 5.54. The minimum absolute atomic E-state index is 0.223. The number of aliphatic hydroxyl groups is 1. The van der Waals surface area contributed by atoms with Crippen molar-refractivity contribution in [3.05, 3.63) is 64.2 Å². The zero-order chi connectivity index (χ0) is 22.8. The van der Waals surface area contributed by atoms with E-state index in [1.165, 1.54) is 4.90 Å². The molecule has 32 heavy (non-hydrogen) atoms. The van der Waals surface area contributed by atoms with Crippen LogP contribution in [0, 0.1) is 18.8 Å². The van der Waals surface area contributed by atoms with E-state index < -0.39 is 41.3 Å². The standard InChI is InChI=1S/C24H24ClN3O4/c1-12-10-15(25)11-16-19(12)26-23(32)24(16)18-17(20(27-24)13(2)29)21(30)28(22(18)31)9-8-14-6-4-3-5-7-14/h3-7,10-11,13,17-18,20,27,29H,8-9H2,1-2H3,(H,26,32)/t13-,17-,18-,20+,24+/m0/s1. The Labute approximate surface area is 190 Å². The molecule has 0 aliphatic carbocycles. The lowest BCUT2D eigenvalue weighted by atomic mass is 9.76. The molecule has 3 amide bonds. The Bertz CT molecular complexity index is 1140. The number of nitrogens with one attached hydrogen (secondary N) is 2. The molecule has 166 valence electrons. The molecule has 1 spiro atoms. The molecule has 2 saturated heterocycles. The highest BCUT2D eigenvalue weighted by Gasteiger charge is 2.71. The van der Waals surface area contributed by atoms with Crippen LogP contribution in [0.5, 0.6) is 0 Å².